The number of benzene rings is 3. The second kappa shape index (κ2) is 9.75. The summed E-state index contributed by atoms with van der Waals surface area (Å²) in [6.07, 6.45) is 4.63. The SMILES string of the molecule is O=C(Nc1ccc(Oc2ccncc2)cc1)C1CCN(C(=O)c2cccc3ccccc23)CC1. The molecule has 3 aromatic carbocycles. The van der Waals surface area contributed by atoms with Crippen LogP contribution >= 0.6 is 0 Å². The summed E-state index contributed by atoms with van der Waals surface area (Å²) in [5.74, 6) is 1.28. The summed E-state index contributed by atoms with van der Waals surface area (Å²) in [7, 11) is 0. The van der Waals surface area contributed by atoms with E-state index in [1.54, 1.807) is 24.5 Å². The predicted octanol–water partition coefficient (Wildman–Crippen LogP) is 5.52. The van der Waals surface area contributed by atoms with E-state index in [-0.39, 0.29) is 17.7 Å². The van der Waals surface area contributed by atoms with Crippen LogP contribution in [0.4, 0.5) is 5.69 Å². The first-order chi connectivity index (χ1) is 16.7. The Morgan fingerprint density at radius 2 is 1.50 bits per heavy atom. The van der Waals surface area contributed by atoms with Crippen molar-refractivity contribution in [1.82, 2.24) is 9.88 Å². The Balaban J connectivity index is 1.16. The van der Waals surface area contributed by atoms with Crippen LogP contribution in [0.3, 0.4) is 0 Å². The van der Waals surface area contributed by atoms with E-state index >= 15 is 0 Å². The molecule has 0 unspecified atom stereocenters. The number of hydrogen-bond acceptors (Lipinski definition) is 4. The number of hydrogen-bond donors (Lipinski definition) is 1. The lowest BCUT2D eigenvalue weighted by Crippen LogP contribution is -2.41. The maximum absolute atomic E-state index is 13.2. The summed E-state index contributed by atoms with van der Waals surface area (Å²) in [5, 5.41) is 5.01. The molecule has 0 spiro atoms. The number of aromatic nitrogens is 1. The summed E-state index contributed by atoms with van der Waals surface area (Å²) in [5.41, 5.74) is 1.44. The molecule has 34 heavy (non-hydrogen) atoms. The van der Waals surface area contributed by atoms with Crippen molar-refractivity contribution < 1.29 is 14.3 Å². The minimum Gasteiger partial charge on any atom is -0.457 e. The van der Waals surface area contributed by atoms with Crippen molar-refractivity contribution in [2.24, 2.45) is 5.92 Å². The molecule has 4 aromatic rings. The molecule has 1 aromatic heterocycles. The number of ether oxygens (including phenoxy) is 1. The van der Waals surface area contributed by atoms with Gasteiger partial charge >= 0.3 is 0 Å². The molecule has 1 aliphatic heterocycles. The summed E-state index contributed by atoms with van der Waals surface area (Å²) in [6.45, 7) is 1.14. The molecule has 170 valence electrons. The number of nitrogens with zero attached hydrogens (tertiary/aromatic N) is 2. The lowest BCUT2D eigenvalue weighted by molar-refractivity contribution is -0.121. The van der Waals surface area contributed by atoms with Crippen molar-refractivity contribution in [3.63, 3.8) is 0 Å². The molecule has 0 radical (unpaired) electrons. The van der Waals surface area contributed by atoms with Gasteiger partial charge in [-0.2, -0.15) is 0 Å². The molecule has 0 aliphatic carbocycles. The molecule has 1 saturated heterocycles. The van der Waals surface area contributed by atoms with Crippen molar-refractivity contribution in [1.29, 1.82) is 0 Å². The number of likely N-dealkylation sites (tertiary alicyclic amines) is 1. The highest BCUT2D eigenvalue weighted by Crippen LogP contribution is 2.26. The first-order valence-electron chi connectivity index (χ1n) is 11.4. The van der Waals surface area contributed by atoms with Gasteiger partial charge in [0.15, 0.2) is 0 Å². The molecule has 0 atom stereocenters. The van der Waals surface area contributed by atoms with Crippen molar-refractivity contribution in [3.05, 3.63) is 96.8 Å². The maximum atomic E-state index is 13.2. The summed E-state index contributed by atoms with van der Waals surface area (Å²) in [6, 6.07) is 24.6. The molecule has 5 rings (SSSR count). The van der Waals surface area contributed by atoms with Gasteiger partial charge in [-0.05, 0) is 66.1 Å². The van der Waals surface area contributed by atoms with Crippen molar-refractivity contribution in [2.75, 3.05) is 18.4 Å². The Bertz CT molecular complexity index is 1290. The first kappa shape index (κ1) is 21.6. The van der Waals surface area contributed by atoms with E-state index in [1.165, 1.54) is 0 Å². The second-order valence-electron chi connectivity index (χ2n) is 8.39. The lowest BCUT2D eigenvalue weighted by Gasteiger charge is -2.31. The van der Waals surface area contributed by atoms with Crippen molar-refractivity contribution in [2.45, 2.75) is 12.8 Å². The number of fused-ring (bicyclic) bond motifs is 1. The Labute approximate surface area is 198 Å². The normalized spacial score (nSPS) is 14.1. The number of piperidine rings is 1. The number of amides is 2. The molecule has 2 heterocycles. The fourth-order valence-corrected chi connectivity index (χ4v) is 4.32. The number of carbonyl (C=O) groups is 2. The fraction of sp³-hybridized carbons (Fsp3) is 0.179. The molecular weight excluding hydrogens is 426 g/mol. The van der Waals surface area contributed by atoms with Gasteiger partial charge in [-0.25, -0.2) is 0 Å². The Hall–Kier alpha value is -4.19. The Morgan fingerprint density at radius 1 is 0.824 bits per heavy atom. The second-order valence-corrected chi connectivity index (χ2v) is 8.39. The van der Waals surface area contributed by atoms with Crippen LogP contribution in [0.1, 0.15) is 23.2 Å². The van der Waals surface area contributed by atoms with Gasteiger partial charge in [0, 0.05) is 42.7 Å². The number of nitrogens with one attached hydrogen (secondary N) is 1. The van der Waals surface area contributed by atoms with E-state index in [4.69, 9.17) is 4.74 Å². The quantitative estimate of drug-likeness (QED) is 0.434. The third-order valence-electron chi connectivity index (χ3n) is 6.18. The number of rotatable bonds is 5. The maximum Gasteiger partial charge on any atom is 0.254 e. The largest absolute Gasteiger partial charge is 0.457 e. The highest BCUT2D eigenvalue weighted by atomic mass is 16.5. The third-order valence-corrected chi connectivity index (χ3v) is 6.18. The zero-order valence-electron chi connectivity index (χ0n) is 18.7. The van der Waals surface area contributed by atoms with E-state index < -0.39 is 0 Å². The number of anilines is 1. The lowest BCUT2D eigenvalue weighted by atomic mass is 9.94. The average molecular weight is 452 g/mol. The monoisotopic (exact) mass is 451 g/mol. The highest BCUT2D eigenvalue weighted by molar-refractivity contribution is 6.07. The van der Waals surface area contributed by atoms with E-state index in [0.717, 1.165) is 22.0 Å². The summed E-state index contributed by atoms with van der Waals surface area (Å²) in [4.78, 5) is 31.8. The third kappa shape index (κ3) is 4.76. The van der Waals surface area contributed by atoms with Gasteiger partial charge in [0.1, 0.15) is 11.5 Å². The molecular formula is C28H25N3O3. The molecule has 6 heteroatoms. The van der Waals surface area contributed by atoms with E-state index in [0.29, 0.717) is 37.4 Å². The van der Waals surface area contributed by atoms with Crippen molar-refractivity contribution >= 4 is 28.3 Å². The van der Waals surface area contributed by atoms with E-state index in [1.807, 2.05) is 71.6 Å². The van der Waals surface area contributed by atoms with E-state index in [9.17, 15) is 9.59 Å². The molecule has 0 saturated carbocycles. The minimum atomic E-state index is -0.121. The van der Waals surface area contributed by atoms with Crippen LogP contribution in [0, 0.1) is 5.92 Å². The molecule has 2 amide bonds. The van der Waals surface area contributed by atoms with Gasteiger partial charge in [-0.1, -0.05) is 36.4 Å². The molecule has 1 N–H and O–H groups in total. The van der Waals surface area contributed by atoms with Crippen LogP contribution in [-0.2, 0) is 4.79 Å². The summed E-state index contributed by atoms with van der Waals surface area (Å²) >= 11 is 0. The van der Waals surface area contributed by atoms with E-state index in [2.05, 4.69) is 10.3 Å². The smallest absolute Gasteiger partial charge is 0.254 e. The van der Waals surface area contributed by atoms with Gasteiger partial charge in [-0.15, -0.1) is 0 Å². The van der Waals surface area contributed by atoms with Crippen LogP contribution in [0.5, 0.6) is 11.5 Å². The topological polar surface area (TPSA) is 71.5 Å². The van der Waals surface area contributed by atoms with Crippen LogP contribution in [0.25, 0.3) is 10.8 Å². The highest BCUT2D eigenvalue weighted by Gasteiger charge is 2.28. The van der Waals surface area contributed by atoms with Gasteiger partial charge < -0.3 is 15.0 Å². The zero-order chi connectivity index (χ0) is 23.3. The Morgan fingerprint density at radius 3 is 2.26 bits per heavy atom. The van der Waals surface area contributed by atoms with Crippen LogP contribution < -0.4 is 10.1 Å². The van der Waals surface area contributed by atoms with Crippen molar-refractivity contribution in [3.8, 4) is 11.5 Å². The Kier molecular flexibility index (Phi) is 6.21. The van der Waals surface area contributed by atoms with Crippen LogP contribution in [0.15, 0.2) is 91.3 Å². The van der Waals surface area contributed by atoms with Crippen LogP contribution in [-0.4, -0.2) is 34.8 Å². The summed E-state index contributed by atoms with van der Waals surface area (Å²) < 4.78 is 5.76. The number of pyridine rings is 1. The standard InChI is InChI=1S/C28H25N3O3/c32-27(30-22-8-10-23(11-9-22)34-24-12-16-29-17-13-24)21-14-18-31(19-15-21)28(33)26-7-3-5-20-4-1-2-6-25(20)26/h1-13,16-17,21H,14-15,18-19H2,(H,30,32). The first-order valence-corrected chi connectivity index (χ1v) is 11.4. The molecule has 1 aliphatic rings. The molecule has 0 bridgehead atoms. The van der Waals surface area contributed by atoms with Gasteiger partial charge in [0.05, 0.1) is 0 Å². The minimum absolute atomic E-state index is 0.0138. The van der Waals surface area contributed by atoms with Crippen LogP contribution in [0.2, 0.25) is 0 Å². The predicted molar refractivity (Wildman–Crippen MR) is 132 cm³/mol. The van der Waals surface area contributed by atoms with Gasteiger partial charge in [0.2, 0.25) is 5.91 Å². The zero-order valence-corrected chi connectivity index (χ0v) is 18.7. The number of carbonyl (C=O) groups excluding carboxylic acids is 2. The molecule has 1 fully saturated rings. The van der Waals surface area contributed by atoms with Gasteiger partial charge in [-0.3, -0.25) is 14.6 Å². The fourth-order valence-electron chi connectivity index (χ4n) is 4.32. The molecule has 6 nitrogen and oxygen atoms in total. The average Bonchev–Trinajstić information content (AvgIpc) is 2.90. The van der Waals surface area contributed by atoms with Gasteiger partial charge in [0.25, 0.3) is 5.91 Å².